The number of hydrogen-bond acceptors (Lipinski definition) is 3. The zero-order valence-corrected chi connectivity index (χ0v) is 14.4. The molecule has 0 aliphatic heterocycles. The number of halogens is 2. The summed E-state index contributed by atoms with van der Waals surface area (Å²) < 4.78 is 2.27. The van der Waals surface area contributed by atoms with E-state index in [9.17, 15) is 0 Å². The first-order chi connectivity index (χ1) is 9.65. The molecule has 1 aromatic heterocycles. The molecule has 0 fully saturated rings. The zero-order chi connectivity index (χ0) is 14.1. The monoisotopic (exact) mass is 383 g/mol. The van der Waals surface area contributed by atoms with Crippen molar-refractivity contribution in [2.45, 2.75) is 10.6 Å². The molecule has 0 aliphatic rings. The van der Waals surface area contributed by atoms with Crippen LogP contribution in [0.5, 0.6) is 0 Å². The first-order valence-corrected chi connectivity index (χ1v) is 8.96. The van der Waals surface area contributed by atoms with Gasteiger partial charge in [0, 0.05) is 35.8 Å². The number of hydrogen-bond donors (Lipinski definition) is 1. The van der Waals surface area contributed by atoms with Gasteiger partial charge in [0.2, 0.25) is 0 Å². The van der Waals surface area contributed by atoms with Crippen molar-refractivity contribution in [3.63, 3.8) is 0 Å². The Hall–Kier alpha value is -0.680. The second kappa shape index (κ2) is 5.98. The molecule has 0 spiro atoms. The fraction of sp³-hybridized carbons (Fsp3) is 0.0667. The van der Waals surface area contributed by atoms with E-state index in [1.807, 2.05) is 30.3 Å². The Morgan fingerprint density at radius 2 is 2.00 bits per heavy atom. The van der Waals surface area contributed by atoms with Crippen LogP contribution >= 0.6 is 50.6 Å². The molecule has 0 radical (unpaired) electrons. The number of rotatable bonds is 3. The lowest BCUT2D eigenvalue weighted by Crippen LogP contribution is -1.85. The number of thiophene rings is 1. The Morgan fingerprint density at radius 3 is 2.75 bits per heavy atom. The zero-order valence-electron chi connectivity index (χ0n) is 10.4. The van der Waals surface area contributed by atoms with Gasteiger partial charge in [-0.1, -0.05) is 29.8 Å². The van der Waals surface area contributed by atoms with Gasteiger partial charge >= 0.3 is 0 Å². The molecule has 1 nitrogen and oxygen atoms in total. The van der Waals surface area contributed by atoms with Crippen LogP contribution in [0.4, 0.5) is 5.69 Å². The van der Waals surface area contributed by atoms with Gasteiger partial charge in [0.15, 0.2) is 0 Å². The maximum absolute atomic E-state index is 6.45. The highest BCUT2D eigenvalue weighted by Crippen LogP contribution is 2.40. The first kappa shape index (κ1) is 14.3. The standard InChI is InChI=1S/C15H11BrClNS2/c16-11-7-9(18)5-6-13(11)19-8-14-15(17)10-3-1-2-4-12(10)20-14/h1-7H,8,18H2. The second-order valence-electron chi connectivity index (χ2n) is 4.31. The number of fused-ring (bicyclic) bond motifs is 1. The largest absolute Gasteiger partial charge is 0.399 e. The van der Waals surface area contributed by atoms with Gasteiger partial charge in [-0.25, -0.2) is 0 Å². The minimum atomic E-state index is 0.765. The van der Waals surface area contributed by atoms with Crippen molar-refractivity contribution in [2.24, 2.45) is 0 Å². The van der Waals surface area contributed by atoms with Gasteiger partial charge in [-0.05, 0) is 40.2 Å². The lowest BCUT2D eigenvalue weighted by atomic mass is 10.2. The molecule has 1 heterocycles. The van der Waals surface area contributed by atoms with Crippen molar-refractivity contribution < 1.29 is 0 Å². The highest BCUT2D eigenvalue weighted by atomic mass is 79.9. The molecule has 102 valence electrons. The normalized spacial score (nSPS) is 11.1. The lowest BCUT2D eigenvalue weighted by Gasteiger charge is -2.04. The van der Waals surface area contributed by atoms with E-state index in [0.717, 1.165) is 26.3 Å². The smallest absolute Gasteiger partial charge is 0.0632 e. The van der Waals surface area contributed by atoms with Gasteiger partial charge in [-0.2, -0.15) is 0 Å². The summed E-state index contributed by atoms with van der Waals surface area (Å²) in [4.78, 5) is 2.38. The summed E-state index contributed by atoms with van der Waals surface area (Å²) in [5.74, 6) is 0.862. The van der Waals surface area contributed by atoms with Crippen LogP contribution in [-0.2, 0) is 5.75 Å². The van der Waals surface area contributed by atoms with E-state index in [1.165, 1.54) is 14.5 Å². The average Bonchev–Trinajstić information content (AvgIpc) is 2.75. The van der Waals surface area contributed by atoms with Crippen LogP contribution in [0.15, 0.2) is 51.8 Å². The van der Waals surface area contributed by atoms with Crippen molar-refractivity contribution in [1.29, 1.82) is 0 Å². The van der Waals surface area contributed by atoms with Crippen LogP contribution in [0, 0.1) is 0 Å². The second-order valence-corrected chi connectivity index (χ2v) is 7.70. The predicted molar refractivity (Wildman–Crippen MR) is 95.0 cm³/mol. The predicted octanol–water partition coefficient (Wildman–Crippen LogP) is 6.19. The molecule has 2 aromatic carbocycles. The molecule has 0 bridgehead atoms. The van der Waals surface area contributed by atoms with E-state index in [4.69, 9.17) is 17.3 Å². The third-order valence-corrected chi connectivity index (χ3v) is 6.83. The van der Waals surface area contributed by atoms with Crippen molar-refractivity contribution >= 4 is 66.4 Å². The van der Waals surface area contributed by atoms with Crippen LogP contribution in [0.3, 0.4) is 0 Å². The van der Waals surface area contributed by atoms with Crippen LogP contribution < -0.4 is 5.73 Å². The van der Waals surface area contributed by atoms with E-state index in [2.05, 4.69) is 28.1 Å². The van der Waals surface area contributed by atoms with Crippen molar-refractivity contribution in [1.82, 2.24) is 0 Å². The summed E-state index contributed by atoms with van der Waals surface area (Å²) >= 11 is 13.5. The molecule has 5 heteroatoms. The molecular formula is C15H11BrClNS2. The highest BCUT2D eigenvalue weighted by Gasteiger charge is 2.11. The molecule has 0 aliphatic carbocycles. The van der Waals surface area contributed by atoms with E-state index in [1.54, 1.807) is 23.1 Å². The van der Waals surface area contributed by atoms with Crippen LogP contribution in [-0.4, -0.2) is 0 Å². The highest BCUT2D eigenvalue weighted by molar-refractivity contribution is 9.10. The Morgan fingerprint density at radius 1 is 1.20 bits per heavy atom. The Balaban J connectivity index is 1.85. The number of nitrogen functional groups attached to an aromatic ring is 1. The average molecular weight is 385 g/mol. The molecule has 3 rings (SSSR count). The molecule has 0 unspecified atom stereocenters. The van der Waals surface area contributed by atoms with Gasteiger partial charge in [0.1, 0.15) is 0 Å². The van der Waals surface area contributed by atoms with Gasteiger partial charge < -0.3 is 5.73 Å². The Bertz CT molecular complexity index is 770. The van der Waals surface area contributed by atoms with Gasteiger partial charge in [-0.3, -0.25) is 0 Å². The van der Waals surface area contributed by atoms with E-state index >= 15 is 0 Å². The van der Waals surface area contributed by atoms with Crippen LogP contribution in [0.2, 0.25) is 5.02 Å². The van der Waals surface area contributed by atoms with E-state index in [-0.39, 0.29) is 0 Å². The van der Waals surface area contributed by atoms with Crippen molar-refractivity contribution in [2.75, 3.05) is 5.73 Å². The van der Waals surface area contributed by atoms with Crippen LogP contribution in [0.25, 0.3) is 10.1 Å². The molecule has 3 aromatic rings. The van der Waals surface area contributed by atoms with Gasteiger partial charge in [-0.15, -0.1) is 23.1 Å². The Labute approximate surface area is 139 Å². The van der Waals surface area contributed by atoms with Crippen molar-refractivity contribution in [3.8, 4) is 0 Å². The fourth-order valence-electron chi connectivity index (χ4n) is 1.93. The summed E-state index contributed by atoms with van der Waals surface area (Å²) in [6.07, 6.45) is 0. The number of thioether (sulfide) groups is 1. The maximum Gasteiger partial charge on any atom is 0.0632 e. The fourth-order valence-corrected chi connectivity index (χ4v) is 5.25. The lowest BCUT2D eigenvalue weighted by molar-refractivity contribution is 1.39. The summed E-state index contributed by atoms with van der Waals surface area (Å²) in [7, 11) is 0. The van der Waals surface area contributed by atoms with E-state index < -0.39 is 0 Å². The third kappa shape index (κ3) is 2.84. The molecular weight excluding hydrogens is 374 g/mol. The number of anilines is 1. The van der Waals surface area contributed by atoms with Crippen molar-refractivity contribution in [3.05, 3.63) is 56.8 Å². The van der Waals surface area contributed by atoms with Gasteiger partial charge in [0.05, 0.1) is 5.02 Å². The molecule has 0 amide bonds. The number of benzene rings is 2. The summed E-state index contributed by atoms with van der Waals surface area (Å²) in [5.41, 5.74) is 6.52. The minimum Gasteiger partial charge on any atom is -0.399 e. The topological polar surface area (TPSA) is 26.0 Å². The summed E-state index contributed by atoms with van der Waals surface area (Å²) in [5, 5.41) is 2.02. The SMILES string of the molecule is Nc1ccc(SCc2sc3ccccc3c2Cl)c(Br)c1. The molecule has 0 atom stereocenters. The molecule has 0 saturated carbocycles. The molecule has 0 saturated heterocycles. The maximum atomic E-state index is 6.45. The first-order valence-electron chi connectivity index (χ1n) is 5.99. The quantitative estimate of drug-likeness (QED) is 0.430. The summed E-state index contributed by atoms with van der Waals surface area (Å²) in [6, 6.07) is 14.1. The third-order valence-electron chi connectivity index (χ3n) is 2.92. The van der Waals surface area contributed by atoms with Crippen LogP contribution in [0.1, 0.15) is 4.88 Å². The van der Waals surface area contributed by atoms with Gasteiger partial charge in [0.25, 0.3) is 0 Å². The minimum absolute atomic E-state index is 0.765. The molecule has 2 N–H and O–H groups in total. The summed E-state index contributed by atoms with van der Waals surface area (Å²) in [6.45, 7) is 0. The number of nitrogens with two attached hydrogens (primary N) is 1. The Kier molecular flexibility index (Phi) is 4.26. The molecule has 20 heavy (non-hydrogen) atoms. The van der Waals surface area contributed by atoms with E-state index in [0.29, 0.717) is 0 Å².